The number of esters is 1. The summed E-state index contributed by atoms with van der Waals surface area (Å²) in [6.07, 6.45) is 0. The van der Waals surface area contributed by atoms with Crippen molar-refractivity contribution in [3.63, 3.8) is 0 Å². The second-order valence-electron chi connectivity index (χ2n) is 7.01. The summed E-state index contributed by atoms with van der Waals surface area (Å²) in [4.78, 5) is 24.3. The standard InChI is InChI=1S/C23H20F2N2O5S/c1-15-12-17(24)10-11-21(15)33(30,31)27-20-9-5-3-7-18(20)23(29)32-14-22(28)26-13-16-6-2-4-8-19(16)25/h2-12,27H,13-14H2,1H3,(H,26,28). The summed E-state index contributed by atoms with van der Waals surface area (Å²) in [6, 6.07) is 14.8. The molecule has 3 aromatic carbocycles. The van der Waals surface area contributed by atoms with Gasteiger partial charge in [-0.2, -0.15) is 0 Å². The third-order valence-electron chi connectivity index (χ3n) is 4.59. The summed E-state index contributed by atoms with van der Waals surface area (Å²) >= 11 is 0. The maximum absolute atomic E-state index is 13.6. The topological polar surface area (TPSA) is 102 Å². The molecule has 1 amide bonds. The Morgan fingerprint density at radius 2 is 1.67 bits per heavy atom. The zero-order valence-corrected chi connectivity index (χ0v) is 18.3. The van der Waals surface area contributed by atoms with Crippen LogP contribution in [-0.4, -0.2) is 26.9 Å². The summed E-state index contributed by atoms with van der Waals surface area (Å²) in [6.45, 7) is 0.708. The molecule has 172 valence electrons. The molecule has 0 fully saturated rings. The number of amides is 1. The molecule has 3 rings (SSSR count). The zero-order valence-electron chi connectivity index (χ0n) is 17.5. The molecule has 0 atom stereocenters. The average molecular weight is 474 g/mol. The summed E-state index contributed by atoms with van der Waals surface area (Å²) in [7, 11) is -4.13. The van der Waals surface area contributed by atoms with Crippen molar-refractivity contribution < 1.29 is 31.5 Å². The van der Waals surface area contributed by atoms with E-state index in [1.165, 1.54) is 49.4 Å². The summed E-state index contributed by atoms with van der Waals surface area (Å²) in [5.41, 5.74) is 0.267. The molecule has 2 N–H and O–H groups in total. The largest absolute Gasteiger partial charge is 0.452 e. The highest BCUT2D eigenvalue weighted by Crippen LogP contribution is 2.23. The van der Waals surface area contributed by atoms with E-state index in [9.17, 15) is 26.8 Å². The van der Waals surface area contributed by atoms with Crippen LogP contribution in [0.25, 0.3) is 0 Å². The van der Waals surface area contributed by atoms with Gasteiger partial charge in [0.15, 0.2) is 6.61 Å². The molecule has 10 heteroatoms. The smallest absolute Gasteiger partial charge is 0.340 e. The third kappa shape index (κ3) is 6.13. The van der Waals surface area contributed by atoms with Crippen LogP contribution < -0.4 is 10.0 Å². The summed E-state index contributed by atoms with van der Waals surface area (Å²) < 4.78 is 59.7. The van der Waals surface area contributed by atoms with Crippen molar-refractivity contribution in [3.8, 4) is 0 Å². The van der Waals surface area contributed by atoms with Gasteiger partial charge in [0.05, 0.1) is 16.1 Å². The Balaban J connectivity index is 1.66. The first-order valence-corrected chi connectivity index (χ1v) is 11.2. The van der Waals surface area contributed by atoms with Crippen LogP contribution in [0.1, 0.15) is 21.5 Å². The number of benzene rings is 3. The van der Waals surface area contributed by atoms with Gasteiger partial charge in [-0.25, -0.2) is 22.0 Å². The molecule has 0 aliphatic carbocycles. The van der Waals surface area contributed by atoms with Crippen LogP contribution in [0.2, 0.25) is 0 Å². The normalized spacial score (nSPS) is 11.0. The number of anilines is 1. The molecule has 0 saturated carbocycles. The monoisotopic (exact) mass is 474 g/mol. The van der Waals surface area contributed by atoms with Crippen molar-refractivity contribution in [2.45, 2.75) is 18.4 Å². The lowest BCUT2D eigenvalue weighted by molar-refractivity contribution is -0.124. The molecular weight excluding hydrogens is 454 g/mol. The van der Waals surface area contributed by atoms with Gasteiger partial charge in [0.25, 0.3) is 15.9 Å². The number of sulfonamides is 1. The minimum atomic E-state index is -4.13. The molecule has 0 saturated heterocycles. The van der Waals surface area contributed by atoms with E-state index in [-0.39, 0.29) is 33.8 Å². The van der Waals surface area contributed by atoms with E-state index in [0.717, 1.165) is 18.2 Å². The fourth-order valence-corrected chi connectivity index (χ4v) is 4.27. The van der Waals surface area contributed by atoms with E-state index in [0.29, 0.717) is 0 Å². The molecule has 0 unspecified atom stereocenters. The molecule has 3 aromatic rings. The molecule has 0 aromatic heterocycles. The van der Waals surface area contributed by atoms with Crippen LogP contribution in [0.5, 0.6) is 0 Å². The van der Waals surface area contributed by atoms with E-state index in [2.05, 4.69) is 10.0 Å². The fraction of sp³-hybridized carbons (Fsp3) is 0.130. The van der Waals surface area contributed by atoms with Gasteiger partial charge in [-0.15, -0.1) is 0 Å². The van der Waals surface area contributed by atoms with E-state index in [1.54, 1.807) is 6.07 Å². The van der Waals surface area contributed by atoms with Crippen LogP contribution in [-0.2, 0) is 26.1 Å². The number of nitrogens with one attached hydrogen (secondary N) is 2. The fourth-order valence-electron chi connectivity index (χ4n) is 2.96. The van der Waals surface area contributed by atoms with Crippen molar-refractivity contribution >= 4 is 27.6 Å². The first kappa shape index (κ1) is 23.9. The molecule has 0 aliphatic rings. The Kier molecular flexibility index (Phi) is 7.39. The van der Waals surface area contributed by atoms with Crippen molar-refractivity contribution in [2.24, 2.45) is 0 Å². The Hall–Kier alpha value is -3.79. The Labute approximate surface area is 189 Å². The van der Waals surface area contributed by atoms with Crippen molar-refractivity contribution in [3.05, 3.63) is 95.1 Å². The number of para-hydroxylation sites is 1. The number of rotatable bonds is 8. The molecule has 7 nitrogen and oxygen atoms in total. The predicted octanol–water partition coefficient (Wildman–Crippen LogP) is 3.55. The van der Waals surface area contributed by atoms with Gasteiger partial charge in [0, 0.05) is 12.1 Å². The van der Waals surface area contributed by atoms with Crippen LogP contribution in [0, 0.1) is 18.6 Å². The zero-order chi connectivity index (χ0) is 24.0. The number of carbonyl (C=O) groups excluding carboxylic acids is 2. The highest BCUT2D eigenvalue weighted by Gasteiger charge is 2.21. The van der Waals surface area contributed by atoms with Gasteiger partial charge in [0.2, 0.25) is 0 Å². The SMILES string of the molecule is Cc1cc(F)ccc1S(=O)(=O)Nc1ccccc1C(=O)OCC(=O)NCc1ccccc1F. The van der Waals surface area contributed by atoms with Crippen LogP contribution in [0.4, 0.5) is 14.5 Å². The number of aryl methyl sites for hydroxylation is 1. The Morgan fingerprint density at radius 3 is 2.39 bits per heavy atom. The van der Waals surface area contributed by atoms with Gasteiger partial charge in [0.1, 0.15) is 11.6 Å². The lowest BCUT2D eigenvalue weighted by Crippen LogP contribution is -2.29. The number of hydrogen-bond acceptors (Lipinski definition) is 5. The maximum atomic E-state index is 13.6. The number of carbonyl (C=O) groups is 2. The second kappa shape index (κ2) is 10.2. The molecule has 0 aliphatic heterocycles. The average Bonchev–Trinajstić information content (AvgIpc) is 2.76. The quantitative estimate of drug-likeness (QED) is 0.487. The lowest BCUT2D eigenvalue weighted by Gasteiger charge is -2.13. The molecular formula is C23H20F2N2O5S. The second-order valence-corrected chi connectivity index (χ2v) is 8.66. The summed E-state index contributed by atoms with van der Waals surface area (Å²) in [5, 5.41) is 2.43. The van der Waals surface area contributed by atoms with Gasteiger partial charge in [-0.3, -0.25) is 9.52 Å². The van der Waals surface area contributed by atoms with Gasteiger partial charge >= 0.3 is 5.97 Å². The first-order valence-electron chi connectivity index (χ1n) is 9.72. The minimum Gasteiger partial charge on any atom is -0.452 e. The molecule has 0 spiro atoms. The van der Waals surface area contributed by atoms with Crippen LogP contribution in [0.3, 0.4) is 0 Å². The molecule has 0 radical (unpaired) electrons. The Bertz CT molecular complexity index is 1300. The van der Waals surface area contributed by atoms with Crippen LogP contribution >= 0.6 is 0 Å². The molecule has 33 heavy (non-hydrogen) atoms. The first-order chi connectivity index (χ1) is 15.7. The maximum Gasteiger partial charge on any atom is 0.340 e. The highest BCUT2D eigenvalue weighted by atomic mass is 32.2. The highest BCUT2D eigenvalue weighted by molar-refractivity contribution is 7.92. The predicted molar refractivity (Wildman–Crippen MR) is 117 cm³/mol. The molecule has 0 heterocycles. The van der Waals surface area contributed by atoms with Crippen LogP contribution in [0.15, 0.2) is 71.6 Å². The van der Waals surface area contributed by atoms with E-state index >= 15 is 0 Å². The van der Waals surface area contributed by atoms with Gasteiger partial charge < -0.3 is 10.1 Å². The van der Waals surface area contributed by atoms with Gasteiger partial charge in [-0.05, 0) is 48.9 Å². The summed E-state index contributed by atoms with van der Waals surface area (Å²) in [5.74, 6) is -2.66. The van der Waals surface area contributed by atoms with Gasteiger partial charge in [-0.1, -0.05) is 30.3 Å². The van der Waals surface area contributed by atoms with E-state index in [1.807, 2.05) is 0 Å². The number of halogens is 2. The Morgan fingerprint density at radius 1 is 0.970 bits per heavy atom. The van der Waals surface area contributed by atoms with Crippen molar-refractivity contribution in [1.82, 2.24) is 5.32 Å². The lowest BCUT2D eigenvalue weighted by atomic mass is 10.2. The molecule has 0 bridgehead atoms. The van der Waals surface area contributed by atoms with E-state index in [4.69, 9.17) is 4.74 Å². The van der Waals surface area contributed by atoms with Crippen molar-refractivity contribution in [2.75, 3.05) is 11.3 Å². The minimum absolute atomic E-state index is 0.0713. The number of hydrogen-bond donors (Lipinski definition) is 2. The van der Waals surface area contributed by atoms with Crippen molar-refractivity contribution in [1.29, 1.82) is 0 Å². The number of ether oxygens (including phenoxy) is 1. The van der Waals surface area contributed by atoms with E-state index < -0.39 is 40.1 Å². The third-order valence-corrected chi connectivity index (χ3v) is 6.11.